The first-order valence-electron chi connectivity index (χ1n) is 12.5. The van der Waals surface area contributed by atoms with Crippen molar-refractivity contribution >= 4 is 32.8 Å². The van der Waals surface area contributed by atoms with Gasteiger partial charge in [0.05, 0.1) is 36.7 Å². The van der Waals surface area contributed by atoms with Gasteiger partial charge in [-0.3, -0.25) is 9.40 Å². The average molecular weight is 598 g/mol. The molecule has 4 aromatic rings. The van der Waals surface area contributed by atoms with Gasteiger partial charge in [-0.25, -0.2) is 27.0 Å². The second-order valence-corrected chi connectivity index (χ2v) is 11.7. The summed E-state index contributed by atoms with van der Waals surface area (Å²) in [5, 5.41) is 27.2. The van der Waals surface area contributed by atoms with E-state index in [9.17, 15) is 32.2 Å². The number of aliphatic hydroxyl groups is 1. The highest BCUT2D eigenvalue weighted by Crippen LogP contribution is 2.36. The summed E-state index contributed by atoms with van der Waals surface area (Å²) in [5.74, 6) is 3.95. The molecule has 4 N–H and O–H groups in total. The molecule has 11 nitrogen and oxygen atoms in total. The molecule has 1 atom stereocenters. The lowest BCUT2D eigenvalue weighted by Crippen LogP contribution is -2.48. The maximum absolute atomic E-state index is 14.0. The topological polar surface area (TPSA) is 156 Å². The molecule has 1 amide bonds. The quantitative estimate of drug-likeness (QED) is 0.237. The molecule has 218 valence electrons. The number of carboxylic acid groups (broad SMARTS) is 1. The lowest BCUT2D eigenvalue weighted by Gasteiger charge is -2.30. The Morgan fingerprint density at radius 2 is 1.88 bits per heavy atom. The number of aryl methyl sites for hydroxylation is 1. The third kappa shape index (κ3) is 6.33. The molecule has 0 spiro atoms. The molecule has 14 heteroatoms. The van der Waals surface area contributed by atoms with Gasteiger partial charge in [0.1, 0.15) is 17.3 Å². The van der Waals surface area contributed by atoms with E-state index in [0.29, 0.717) is 28.1 Å². The van der Waals surface area contributed by atoms with E-state index in [-0.39, 0.29) is 42.4 Å². The number of nitrogens with one attached hydrogen (secondary N) is 2. The molecule has 0 aliphatic carbocycles. The molecule has 0 bridgehead atoms. The van der Waals surface area contributed by atoms with Crippen molar-refractivity contribution in [1.82, 2.24) is 20.1 Å². The van der Waals surface area contributed by atoms with Gasteiger partial charge in [-0.1, -0.05) is 18.1 Å². The number of anilines is 1. The van der Waals surface area contributed by atoms with Gasteiger partial charge >= 0.3 is 6.09 Å². The van der Waals surface area contributed by atoms with Gasteiger partial charge in [-0.15, -0.1) is 0 Å². The Morgan fingerprint density at radius 1 is 1.17 bits per heavy atom. The number of ether oxygens (including phenoxy) is 1. The summed E-state index contributed by atoms with van der Waals surface area (Å²) >= 11 is 0. The standard InChI is InChI=1S/C28H25F2N5O6S/c1-35-25-21(4-3-5-22(25)26(33-35)34-42(2,39)40)20-7-6-19(8-9-28(38)14-41-15-28)31-24(20)23(32-27(36)37)12-16-10-17(29)13-18(30)11-16/h3-7,10-11,13,23,32,38H,12,14-15H2,1-2H3,(H,33,34)(H,36,37). The zero-order valence-electron chi connectivity index (χ0n) is 22.4. The first kappa shape index (κ1) is 28.9. The van der Waals surface area contributed by atoms with Crippen LogP contribution in [-0.2, 0) is 28.2 Å². The summed E-state index contributed by atoms with van der Waals surface area (Å²) < 4.78 is 60.9. The Kier molecular flexibility index (Phi) is 7.58. The summed E-state index contributed by atoms with van der Waals surface area (Å²) in [6.07, 6.45) is -0.568. The summed E-state index contributed by atoms with van der Waals surface area (Å²) in [6, 6.07) is 10.1. The maximum Gasteiger partial charge on any atom is 0.405 e. The molecule has 1 unspecified atom stereocenters. The molecule has 42 heavy (non-hydrogen) atoms. The molecule has 1 fully saturated rings. The number of pyridine rings is 1. The van der Waals surface area contributed by atoms with Crippen LogP contribution in [0.15, 0.2) is 48.5 Å². The van der Waals surface area contributed by atoms with Crippen molar-refractivity contribution in [3.05, 3.63) is 77.1 Å². The van der Waals surface area contributed by atoms with Crippen molar-refractivity contribution in [2.24, 2.45) is 7.05 Å². The number of para-hydroxylation sites is 1. The number of aromatic nitrogens is 3. The Labute approximate surface area is 239 Å². The number of hydrogen-bond donors (Lipinski definition) is 4. The highest BCUT2D eigenvalue weighted by Gasteiger charge is 2.34. The number of sulfonamides is 1. The molecule has 3 heterocycles. The first-order chi connectivity index (χ1) is 19.8. The van der Waals surface area contributed by atoms with Gasteiger partial charge in [0, 0.05) is 29.6 Å². The molecule has 2 aromatic carbocycles. The zero-order chi connectivity index (χ0) is 30.2. The minimum atomic E-state index is -3.65. The SMILES string of the molecule is Cn1nc(NS(C)(=O)=O)c2cccc(-c3ccc(C#CC4(O)COC4)nc3C(Cc3cc(F)cc(F)c3)NC(=O)O)c21. The lowest BCUT2D eigenvalue weighted by atomic mass is 9.94. The van der Waals surface area contributed by atoms with Gasteiger partial charge in [-0.05, 0) is 48.2 Å². The van der Waals surface area contributed by atoms with Crippen molar-refractivity contribution in [1.29, 1.82) is 0 Å². The third-order valence-electron chi connectivity index (χ3n) is 6.46. The number of nitrogens with zero attached hydrogens (tertiary/aromatic N) is 3. The van der Waals surface area contributed by atoms with Crippen molar-refractivity contribution in [3.63, 3.8) is 0 Å². The van der Waals surface area contributed by atoms with Crippen LogP contribution in [0, 0.1) is 23.5 Å². The van der Waals surface area contributed by atoms with Crippen molar-refractivity contribution in [2.45, 2.75) is 18.1 Å². The van der Waals surface area contributed by atoms with E-state index in [1.54, 1.807) is 37.4 Å². The Hall–Kier alpha value is -4.58. The van der Waals surface area contributed by atoms with Crippen molar-refractivity contribution < 1.29 is 36.9 Å². The minimum Gasteiger partial charge on any atom is -0.465 e. The molecule has 2 aromatic heterocycles. The van der Waals surface area contributed by atoms with E-state index in [0.717, 1.165) is 18.4 Å². The van der Waals surface area contributed by atoms with E-state index < -0.39 is 39.4 Å². The average Bonchev–Trinajstić information content (AvgIpc) is 3.18. The smallest absolute Gasteiger partial charge is 0.405 e. The van der Waals surface area contributed by atoms with Crippen LogP contribution in [0.1, 0.15) is 23.0 Å². The normalized spacial score (nSPS) is 14.9. The van der Waals surface area contributed by atoms with Crippen LogP contribution >= 0.6 is 0 Å². The Morgan fingerprint density at radius 3 is 2.50 bits per heavy atom. The summed E-state index contributed by atoms with van der Waals surface area (Å²) in [4.78, 5) is 16.5. The summed E-state index contributed by atoms with van der Waals surface area (Å²) in [7, 11) is -2.03. The number of carbonyl (C=O) groups is 1. The van der Waals surface area contributed by atoms with E-state index in [4.69, 9.17) is 4.74 Å². The molecular formula is C28H25F2N5O6S. The molecule has 5 rings (SSSR count). The van der Waals surface area contributed by atoms with Crippen LogP contribution in [-0.4, -0.2) is 64.6 Å². The van der Waals surface area contributed by atoms with E-state index in [1.807, 2.05) is 0 Å². The maximum atomic E-state index is 14.0. The Balaban J connectivity index is 1.70. The van der Waals surface area contributed by atoms with Crippen LogP contribution in [0.4, 0.5) is 19.4 Å². The van der Waals surface area contributed by atoms with Gasteiger partial charge in [0.2, 0.25) is 10.0 Å². The fourth-order valence-electron chi connectivity index (χ4n) is 4.72. The monoisotopic (exact) mass is 597 g/mol. The number of amides is 1. The second kappa shape index (κ2) is 11.0. The molecule has 1 aliphatic rings. The summed E-state index contributed by atoms with van der Waals surface area (Å²) in [5.41, 5.74) is 0.695. The molecule has 0 saturated carbocycles. The number of rotatable bonds is 7. The zero-order valence-corrected chi connectivity index (χ0v) is 23.2. The molecule has 1 saturated heterocycles. The summed E-state index contributed by atoms with van der Waals surface area (Å²) in [6.45, 7) is 0.0667. The minimum absolute atomic E-state index is 0.0333. The van der Waals surface area contributed by atoms with Crippen molar-refractivity contribution in [2.75, 3.05) is 24.2 Å². The van der Waals surface area contributed by atoms with Crippen LogP contribution < -0.4 is 10.0 Å². The fourth-order valence-corrected chi connectivity index (χ4v) is 5.22. The second-order valence-electron chi connectivity index (χ2n) is 9.94. The molecule has 1 aliphatic heterocycles. The van der Waals surface area contributed by atoms with Gasteiger partial charge < -0.3 is 20.3 Å². The highest BCUT2D eigenvalue weighted by molar-refractivity contribution is 7.92. The highest BCUT2D eigenvalue weighted by atomic mass is 32.2. The van der Waals surface area contributed by atoms with Crippen LogP contribution in [0.5, 0.6) is 0 Å². The van der Waals surface area contributed by atoms with Crippen LogP contribution in [0.25, 0.3) is 22.0 Å². The van der Waals surface area contributed by atoms with Crippen molar-refractivity contribution in [3.8, 4) is 23.0 Å². The predicted octanol–water partition coefficient (Wildman–Crippen LogP) is 2.95. The van der Waals surface area contributed by atoms with Crippen LogP contribution in [0.3, 0.4) is 0 Å². The largest absolute Gasteiger partial charge is 0.465 e. The number of halogens is 2. The van der Waals surface area contributed by atoms with Crippen LogP contribution in [0.2, 0.25) is 0 Å². The van der Waals surface area contributed by atoms with Gasteiger partial charge in [-0.2, -0.15) is 5.10 Å². The first-order valence-corrected chi connectivity index (χ1v) is 14.4. The van der Waals surface area contributed by atoms with E-state index >= 15 is 0 Å². The fraction of sp³-hybridized carbons (Fsp3) is 0.250. The lowest BCUT2D eigenvalue weighted by molar-refractivity contribution is -0.140. The van der Waals surface area contributed by atoms with Gasteiger partial charge in [0.15, 0.2) is 11.4 Å². The van der Waals surface area contributed by atoms with E-state index in [2.05, 4.69) is 32.0 Å². The number of hydrogen-bond acceptors (Lipinski definition) is 7. The number of fused-ring (bicyclic) bond motifs is 1. The van der Waals surface area contributed by atoms with Gasteiger partial charge in [0.25, 0.3) is 0 Å². The molecule has 0 radical (unpaired) electrons. The van der Waals surface area contributed by atoms with E-state index in [1.165, 1.54) is 4.68 Å². The Bertz CT molecular complexity index is 1860. The predicted molar refractivity (Wildman–Crippen MR) is 149 cm³/mol. The molecular weight excluding hydrogens is 572 g/mol. The third-order valence-corrected chi connectivity index (χ3v) is 7.02. The number of benzene rings is 2.